The Morgan fingerprint density at radius 1 is 1.09 bits per heavy atom. The fourth-order valence-corrected chi connectivity index (χ4v) is 4.01. The van der Waals surface area contributed by atoms with Gasteiger partial charge in [0, 0.05) is 42.0 Å². The molecular weight excluding hydrogens is 416 g/mol. The largest absolute Gasteiger partial charge is 0.496 e. The van der Waals surface area contributed by atoms with Crippen molar-refractivity contribution in [2.45, 2.75) is 33.6 Å². The predicted octanol–water partition coefficient (Wildman–Crippen LogP) is 4.21. The Morgan fingerprint density at radius 3 is 2.61 bits per heavy atom. The summed E-state index contributed by atoms with van der Waals surface area (Å²) in [5, 5.41) is 7.54. The maximum Gasteiger partial charge on any atom is 0.277 e. The van der Waals surface area contributed by atoms with Gasteiger partial charge < -0.3 is 14.6 Å². The monoisotopic (exact) mass is 444 g/mol. The van der Waals surface area contributed by atoms with Gasteiger partial charge in [0.1, 0.15) is 11.4 Å². The fraction of sp³-hybridized carbons (Fsp3) is 0.269. The Morgan fingerprint density at radius 2 is 1.85 bits per heavy atom. The smallest absolute Gasteiger partial charge is 0.277 e. The Hall–Kier alpha value is -3.87. The summed E-state index contributed by atoms with van der Waals surface area (Å²) in [4.78, 5) is 25.9. The van der Waals surface area contributed by atoms with E-state index < -0.39 is 0 Å². The summed E-state index contributed by atoms with van der Waals surface area (Å²) in [5.41, 5.74) is 6.23. The summed E-state index contributed by atoms with van der Waals surface area (Å²) in [6.45, 7) is 5.84. The van der Waals surface area contributed by atoms with Crippen LogP contribution in [0, 0.1) is 20.8 Å². The van der Waals surface area contributed by atoms with Crippen molar-refractivity contribution < 1.29 is 9.53 Å². The molecule has 7 nitrogen and oxygen atoms in total. The minimum absolute atomic E-state index is 0.125. The first kappa shape index (κ1) is 22.3. The first-order valence-electron chi connectivity index (χ1n) is 10.9. The van der Waals surface area contributed by atoms with Crippen molar-refractivity contribution >= 4 is 17.2 Å². The van der Waals surface area contributed by atoms with E-state index in [1.807, 2.05) is 80.9 Å². The van der Waals surface area contributed by atoms with Gasteiger partial charge in [-0.3, -0.25) is 9.59 Å². The second-order valence-electron chi connectivity index (χ2n) is 8.29. The Balaban J connectivity index is 1.64. The molecule has 0 radical (unpaired) electrons. The zero-order valence-corrected chi connectivity index (χ0v) is 19.6. The molecule has 7 heteroatoms. The fourth-order valence-electron chi connectivity index (χ4n) is 4.01. The van der Waals surface area contributed by atoms with Crippen LogP contribution in [0.5, 0.6) is 5.75 Å². The van der Waals surface area contributed by atoms with E-state index in [-0.39, 0.29) is 17.9 Å². The van der Waals surface area contributed by atoms with Crippen LogP contribution in [0.2, 0.25) is 0 Å². The van der Waals surface area contributed by atoms with Crippen LogP contribution >= 0.6 is 0 Å². The first-order chi connectivity index (χ1) is 15.8. The number of ether oxygens (including phenoxy) is 1. The normalized spacial score (nSPS) is 11.1. The molecule has 33 heavy (non-hydrogen) atoms. The Bertz CT molecular complexity index is 1420. The van der Waals surface area contributed by atoms with Crippen molar-refractivity contribution in [3.8, 4) is 17.0 Å². The lowest BCUT2D eigenvalue weighted by atomic mass is 10.1. The Kier molecular flexibility index (Phi) is 6.05. The lowest BCUT2D eigenvalue weighted by Gasteiger charge is -2.13. The number of carbonyl (C=O) groups is 1. The zero-order valence-electron chi connectivity index (χ0n) is 19.6. The highest BCUT2D eigenvalue weighted by molar-refractivity contribution is 5.91. The predicted molar refractivity (Wildman–Crippen MR) is 130 cm³/mol. The van der Waals surface area contributed by atoms with Gasteiger partial charge in [-0.25, -0.2) is 0 Å². The van der Waals surface area contributed by atoms with Crippen LogP contribution in [0.1, 0.15) is 28.8 Å². The maximum atomic E-state index is 13.3. The minimum atomic E-state index is -0.207. The van der Waals surface area contributed by atoms with E-state index in [2.05, 4.69) is 10.4 Å². The van der Waals surface area contributed by atoms with Crippen LogP contribution in [0.4, 0.5) is 5.69 Å². The number of hydrogen-bond donors (Lipinski definition) is 1. The van der Waals surface area contributed by atoms with E-state index >= 15 is 0 Å². The van der Waals surface area contributed by atoms with Crippen molar-refractivity contribution in [1.29, 1.82) is 0 Å². The molecule has 4 aromatic rings. The molecule has 0 saturated heterocycles. The number of aromatic nitrogens is 3. The highest BCUT2D eigenvalue weighted by atomic mass is 16.5. The van der Waals surface area contributed by atoms with Gasteiger partial charge in [0.05, 0.1) is 12.8 Å². The van der Waals surface area contributed by atoms with Gasteiger partial charge in [-0.1, -0.05) is 24.3 Å². The van der Waals surface area contributed by atoms with Gasteiger partial charge in [0.2, 0.25) is 5.91 Å². The summed E-state index contributed by atoms with van der Waals surface area (Å²) >= 11 is 0. The minimum Gasteiger partial charge on any atom is -0.496 e. The van der Waals surface area contributed by atoms with Crippen LogP contribution < -0.4 is 15.6 Å². The van der Waals surface area contributed by atoms with E-state index in [1.54, 1.807) is 7.11 Å². The van der Waals surface area contributed by atoms with Gasteiger partial charge in [0.15, 0.2) is 0 Å². The highest BCUT2D eigenvalue weighted by Crippen LogP contribution is 2.29. The molecule has 2 aromatic heterocycles. The average Bonchev–Trinajstić information content (AvgIpc) is 3.26. The van der Waals surface area contributed by atoms with Gasteiger partial charge in [0.25, 0.3) is 5.56 Å². The molecule has 4 rings (SSSR count). The molecule has 0 unspecified atom stereocenters. The number of nitrogens with one attached hydrogen (secondary N) is 1. The quantitative estimate of drug-likeness (QED) is 0.483. The first-order valence-corrected chi connectivity index (χ1v) is 10.9. The van der Waals surface area contributed by atoms with E-state index in [0.717, 1.165) is 28.1 Å². The number of fused-ring (bicyclic) bond motifs is 1. The molecular formula is C26H28N4O3. The summed E-state index contributed by atoms with van der Waals surface area (Å²) < 4.78 is 8.80. The third-order valence-electron chi connectivity index (χ3n) is 6.08. The Labute approximate surface area is 192 Å². The summed E-state index contributed by atoms with van der Waals surface area (Å²) in [7, 11) is 3.51. The maximum absolute atomic E-state index is 13.3. The number of nitrogens with zero attached hydrogens (tertiary/aromatic N) is 3. The average molecular weight is 445 g/mol. The van der Waals surface area contributed by atoms with Crippen LogP contribution in [-0.2, 0) is 18.3 Å². The van der Waals surface area contributed by atoms with Gasteiger partial charge in [-0.05, 0) is 56.5 Å². The molecule has 1 amide bonds. The van der Waals surface area contributed by atoms with Crippen molar-refractivity contribution in [3.05, 3.63) is 81.3 Å². The van der Waals surface area contributed by atoms with E-state index in [0.29, 0.717) is 29.1 Å². The molecule has 0 bridgehead atoms. The third kappa shape index (κ3) is 4.26. The molecule has 0 spiro atoms. The van der Waals surface area contributed by atoms with Crippen LogP contribution in [0.25, 0.3) is 16.9 Å². The van der Waals surface area contributed by atoms with Crippen LogP contribution in [-0.4, -0.2) is 27.2 Å². The topological polar surface area (TPSA) is 77.6 Å². The lowest BCUT2D eigenvalue weighted by Crippen LogP contribution is -2.26. The molecule has 2 heterocycles. The van der Waals surface area contributed by atoms with E-state index in [4.69, 9.17) is 4.74 Å². The number of rotatable bonds is 6. The molecule has 0 aliphatic rings. The van der Waals surface area contributed by atoms with Crippen molar-refractivity contribution in [3.63, 3.8) is 0 Å². The number of hydrogen-bond acceptors (Lipinski definition) is 4. The number of anilines is 1. The number of amides is 1. The van der Waals surface area contributed by atoms with Crippen LogP contribution in [0.15, 0.2) is 53.3 Å². The molecule has 0 saturated carbocycles. The second-order valence-corrected chi connectivity index (χ2v) is 8.29. The number of benzene rings is 2. The van der Waals surface area contributed by atoms with Gasteiger partial charge in [-0.2, -0.15) is 9.61 Å². The number of methoxy groups -OCH3 is 1. The lowest BCUT2D eigenvalue weighted by molar-refractivity contribution is -0.116. The van der Waals surface area contributed by atoms with Crippen molar-refractivity contribution in [1.82, 2.24) is 14.2 Å². The molecule has 0 aliphatic heterocycles. The number of para-hydroxylation sites is 1. The number of carbonyl (C=O) groups excluding carboxylic acids is 1. The van der Waals surface area contributed by atoms with Crippen molar-refractivity contribution in [2.24, 2.45) is 7.05 Å². The molecule has 170 valence electrons. The molecule has 1 N–H and O–H groups in total. The summed E-state index contributed by atoms with van der Waals surface area (Å²) in [5.74, 6) is 0.566. The van der Waals surface area contributed by atoms with Crippen molar-refractivity contribution in [2.75, 3.05) is 12.4 Å². The zero-order chi connectivity index (χ0) is 23.7. The van der Waals surface area contributed by atoms with Crippen LogP contribution in [0.3, 0.4) is 0 Å². The second kappa shape index (κ2) is 8.94. The number of aryl methyl sites for hydroxylation is 3. The summed E-state index contributed by atoms with van der Waals surface area (Å²) in [6.07, 6.45) is 0.532. The standard InChI is InChI=1S/C26H28N4O3/c1-16-10-11-17(2)21(14-16)27-24(31)13-12-19-18(3)29(4)25-15-22(28-30(25)26(19)32)20-8-6-7-9-23(20)33-5/h6-11,14-15H,12-13H2,1-5H3,(H,27,31). The highest BCUT2D eigenvalue weighted by Gasteiger charge is 2.18. The molecule has 0 fully saturated rings. The summed E-state index contributed by atoms with van der Waals surface area (Å²) in [6, 6.07) is 15.4. The molecule has 2 aromatic carbocycles. The third-order valence-corrected chi connectivity index (χ3v) is 6.08. The molecule has 0 aliphatic carbocycles. The molecule has 0 atom stereocenters. The van der Waals surface area contributed by atoms with E-state index in [1.165, 1.54) is 4.52 Å². The SMILES string of the molecule is COc1ccccc1-c1cc2n(C)c(C)c(CCC(=O)Nc3cc(C)ccc3C)c(=O)n2n1. The van der Waals surface area contributed by atoms with Gasteiger partial charge in [-0.15, -0.1) is 0 Å². The van der Waals surface area contributed by atoms with E-state index in [9.17, 15) is 9.59 Å². The van der Waals surface area contributed by atoms with Gasteiger partial charge >= 0.3 is 0 Å².